The molecule has 0 bridgehead atoms. The fourth-order valence-corrected chi connectivity index (χ4v) is 1.57. The molecule has 0 amide bonds. The Morgan fingerprint density at radius 3 is 3.08 bits per heavy atom. The maximum Gasteiger partial charge on any atom is 0.202 e. The fraction of sp³-hybridized carbons (Fsp3) is 0.750. The molecule has 3 nitrogen and oxygen atoms in total. The van der Waals surface area contributed by atoms with Crippen molar-refractivity contribution in [3.05, 3.63) is 6.33 Å². The van der Waals surface area contributed by atoms with Gasteiger partial charge in [0.15, 0.2) is 0 Å². The molecule has 4 heteroatoms. The van der Waals surface area contributed by atoms with Crippen LogP contribution in [0.4, 0.5) is 5.13 Å². The summed E-state index contributed by atoms with van der Waals surface area (Å²) in [6, 6.07) is 0.512. The van der Waals surface area contributed by atoms with Gasteiger partial charge >= 0.3 is 0 Å². The number of hydrogen-bond donors (Lipinski definition) is 1. The molecule has 1 N–H and O–H groups in total. The zero-order chi connectivity index (χ0) is 8.81. The molecular weight excluding hydrogens is 170 g/mol. The van der Waals surface area contributed by atoms with Crippen LogP contribution < -0.4 is 5.32 Å². The van der Waals surface area contributed by atoms with Crippen LogP contribution >= 0.6 is 11.5 Å². The van der Waals surface area contributed by atoms with Crippen molar-refractivity contribution in [2.75, 3.05) is 5.32 Å². The summed E-state index contributed by atoms with van der Waals surface area (Å²) < 4.78 is 3.92. The number of aromatic nitrogens is 2. The Balaban J connectivity index is 2.22. The molecule has 0 radical (unpaired) electrons. The average Bonchev–Trinajstić information content (AvgIpc) is 2.53. The smallest absolute Gasteiger partial charge is 0.202 e. The van der Waals surface area contributed by atoms with E-state index in [1.165, 1.54) is 30.8 Å². The van der Waals surface area contributed by atoms with Crippen LogP contribution in [0, 0.1) is 0 Å². The van der Waals surface area contributed by atoms with Crippen molar-refractivity contribution in [1.82, 2.24) is 9.36 Å². The van der Waals surface area contributed by atoms with Crippen LogP contribution in [0.5, 0.6) is 0 Å². The highest BCUT2D eigenvalue weighted by Crippen LogP contribution is 2.11. The van der Waals surface area contributed by atoms with E-state index in [9.17, 15) is 0 Å². The van der Waals surface area contributed by atoms with E-state index < -0.39 is 0 Å². The molecule has 1 aromatic rings. The van der Waals surface area contributed by atoms with Crippen molar-refractivity contribution in [2.24, 2.45) is 0 Å². The van der Waals surface area contributed by atoms with E-state index in [0.29, 0.717) is 6.04 Å². The van der Waals surface area contributed by atoms with Gasteiger partial charge in [-0.15, -0.1) is 0 Å². The molecule has 1 aromatic heterocycles. The summed E-state index contributed by atoms with van der Waals surface area (Å²) in [4.78, 5) is 4.06. The van der Waals surface area contributed by atoms with E-state index in [1.807, 2.05) is 0 Å². The molecule has 0 spiro atoms. The number of hydrogen-bond acceptors (Lipinski definition) is 4. The second-order valence-corrected chi connectivity index (χ2v) is 3.71. The summed E-state index contributed by atoms with van der Waals surface area (Å²) in [5.74, 6) is 0. The normalized spacial score (nSPS) is 12.8. The maximum atomic E-state index is 4.06. The number of nitrogens with zero attached hydrogens (tertiary/aromatic N) is 2. The molecule has 0 aliphatic carbocycles. The SMILES string of the molecule is CCCCC(C)Nc1ncns1. The molecule has 1 rings (SSSR count). The van der Waals surface area contributed by atoms with Crippen molar-refractivity contribution < 1.29 is 0 Å². The Hall–Kier alpha value is -0.640. The Kier molecular flexibility index (Phi) is 4.00. The van der Waals surface area contributed by atoms with Crippen LogP contribution in [0.1, 0.15) is 33.1 Å². The van der Waals surface area contributed by atoms with Gasteiger partial charge in [-0.25, -0.2) is 4.98 Å². The molecule has 0 saturated heterocycles. The molecule has 12 heavy (non-hydrogen) atoms. The highest BCUT2D eigenvalue weighted by atomic mass is 32.1. The summed E-state index contributed by atoms with van der Waals surface area (Å²) in [5.41, 5.74) is 0. The van der Waals surface area contributed by atoms with E-state index in [1.54, 1.807) is 6.33 Å². The number of nitrogens with one attached hydrogen (secondary N) is 1. The molecule has 1 atom stereocenters. The van der Waals surface area contributed by atoms with Gasteiger partial charge in [-0.05, 0) is 13.3 Å². The maximum absolute atomic E-state index is 4.06. The number of anilines is 1. The largest absolute Gasteiger partial charge is 0.358 e. The van der Waals surface area contributed by atoms with Gasteiger partial charge in [0.1, 0.15) is 6.33 Å². The van der Waals surface area contributed by atoms with Crippen LogP contribution in [-0.4, -0.2) is 15.4 Å². The van der Waals surface area contributed by atoms with Gasteiger partial charge in [-0.2, -0.15) is 4.37 Å². The predicted octanol–water partition coefficient (Wildman–Crippen LogP) is 2.53. The van der Waals surface area contributed by atoms with E-state index in [4.69, 9.17) is 0 Å². The van der Waals surface area contributed by atoms with Crippen molar-refractivity contribution in [3.63, 3.8) is 0 Å². The van der Waals surface area contributed by atoms with Gasteiger partial charge in [0.05, 0.1) is 0 Å². The fourth-order valence-electron chi connectivity index (χ4n) is 1.03. The lowest BCUT2D eigenvalue weighted by Crippen LogP contribution is -2.14. The average molecular weight is 185 g/mol. The highest BCUT2D eigenvalue weighted by molar-refractivity contribution is 7.09. The molecule has 0 fully saturated rings. The minimum absolute atomic E-state index is 0.512. The van der Waals surface area contributed by atoms with Crippen molar-refractivity contribution in [3.8, 4) is 0 Å². The summed E-state index contributed by atoms with van der Waals surface area (Å²) in [7, 11) is 0. The van der Waals surface area contributed by atoms with Crippen LogP contribution in [0.2, 0.25) is 0 Å². The van der Waals surface area contributed by atoms with Crippen molar-refractivity contribution in [1.29, 1.82) is 0 Å². The zero-order valence-electron chi connectivity index (χ0n) is 7.58. The molecule has 0 aliphatic heterocycles. The van der Waals surface area contributed by atoms with Crippen molar-refractivity contribution >= 4 is 16.7 Å². The lowest BCUT2D eigenvalue weighted by Gasteiger charge is -2.10. The second-order valence-electron chi connectivity index (χ2n) is 2.93. The molecule has 1 unspecified atom stereocenters. The first-order valence-electron chi connectivity index (χ1n) is 4.36. The summed E-state index contributed by atoms with van der Waals surface area (Å²) >= 11 is 1.41. The lowest BCUT2D eigenvalue weighted by molar-refractivity contribution is 0.645. The summed E-state index contributed by atoms with van der Waals surface area (Å²) in [6.07, 6.45) is 5.31. The van der Waals surface area contributed by atoms with Gasteiger partial charge < -0.3 is 5.32 Å². The van der Waals surface area contributed by atoms with Crippen molar-refractivity contribution in [2.45, 2.75) is 39.2 Å². The Bertz CT molecular complexity index is 198. The van der Waals surface area contributed by atoms with Crippen LogP contribution in [0.25, 0.3) is 0 Å². The van der Waals surface area contributed by atoms with Gasteiger partial charge in [-0.3, -0.25) is 0 Å². The van der Waals surface area contributed by atoms with Gasteiger partial charge in [0.25, 0.3) is 0 Å². The number of unbranched alkanes of at least 4 members (excludes halogenated alkanes) is 1. The topological polar surface area (TPSA) is 37.8 Å². The molecule has 1 heterocycles. The molecule has 0 aliphatic rings. The molecule has 0 saturated carbocycles. The third kappa shape index (κ3) is 3.17. The molecule has 68 valence electrons. The van der Waals surface area contributed by atoms with Gasteiger partial charge in [-0.1, -0.05) is 19.8 Å². The zero-order valence-corrected chi connectivity index (χ0v) is 8.40. The Morgan fingerprint density at radius 2 is 2.50 bits per heavy atom. The van der Waals surface area contributed by atoms with Crippen LogP contribution in [0.15, 0.2) is 6.33 Å². The molecule has 0 aromatic carbocycles. The standard InChI is InChI=1S/C8H15N3S/c1-3-4-5-7(2)11-8-9-6-10-12-8/h6-7H,3-5H2,1-2H3,(H,9,10,11). The third-order valence-electron chi connectivity index (χ3n) is 1.72. The van der Waals surface area contributed by atoms with Gasteiger partial charge in [0, 0.05) is 17.6 Å². The molecular formula is C8H15N3S. The predicted molar refractivity (Wildman–Crippen MR) is 52.5 cm³/mol. The van der Waals surface area contributed by atoms with Crippen LogP contribution in [-0.2, 0) is 0 Å². The second kappa shape index (κ2) is 5.09. The first-order chi connectivity index (χ1) is 5.83. The highest BCUT2D eigenvalue weighted by Gasteiger charge is 2.02. The first-order valence-corrected chi connectivity index (χ1v) is 5.13. The number of rotatable bonds is 5. The summed E-state index contributed by atoms with van der Waals surface area (Å²) in [5, 5.41) is 4.23. The Labute approximate surface area is 77.4 Å². The minimum atomic E-state index is 0.512. The Morgan fingerprint density at radius 1 is 1.67 bits per heavy atom. The third-order valence-corrected chi connectivity index (χ3v) is 2.32. The first kappa shape index (κ1) is 9.45. The van der Waals surface area contributed by atoms with E-state index in [2.05, 4.69) is 28.5 Å². The quantitative estimate of drug-likeness (QED) is 0.766. The van der Waals surface area contributed by atoms with E-state index in [-0.39, 0.29) is 0 Å². The summed E-state index contributed by atoms with van der Waals surface area (Å²) in [6.45, 7) is 4.38. The monoisotopic (exact) mass is 185 g/mol. The minimum Gasteiger partial charge on any atom is -0.358 e. The van der Waals surface area contributed by atoms with Gasteiger partial charge in [0.2, 0.25) is 5.13 Å². The van der Waals surface area contributed by atoms with Crippen LogP contribution in [0.3, 0.4) is 0 Å². The van der Waals surface area contributed by atoms with E-state index >= 15 is 0 Å². The van der Waals surface area contributed by atoms with E-state index in [0.717, 1.165) is 5.13 Å². The lowest BCUT2D eigenvalue weighted by atomic mass is 10.1.